The van der Waals surface area contributed by atoms with Crippen LogP contribution in [0.15, 0.2) is 193 Å². The molecule has 0 N–H and O–H groups in total. The van der Waals surface area contributed by atoms with Crippen molar-refractivity contribution in [3.63, 3.8) is 0 Å². The zero-order valence-electron chi connectivity index (χ0n) is 26.4. The van der Waals surface area contributed by atoms with E-state index in [0.717, 1.165) is 15.9 Å². The minimum absolute atomic E-state index is 0.0247. The van der Waals surface area contributed by atoms with E-state index in [4.69, 9.17) is 0 Å². The Balaban J connectivity index is 1.35. The van der Waals surface area contributed by atoms with E-state index in [2.05, 4.69) is 127 Å². The van der Waals surface area contributed by atoms with E-state index in [1.165, 1.54) is 54.3 Å². The Morgan fingerprint density at radius 2 is 0.854 bits per heavy atom. The standard InChI is InChI=1S/C46H33OP/c47-48(38-17-3-1-4-18-38,39-19-5-2-6-20-39)40-27-28-43-44(31-40)46(37-26-24-33-14-8-10-16-35(33)30-37)42-22-12-11-21-41(42)45(43)36-25-23-32-13-7-9-15-34(32)29-36/h1-31,43-44H. The Bertz CT molecular complexity index is 2550. The summed E-state index contributed by atoms with van der Waals surface area (Å²) in [6.45, 7) is 0. The molecule has 2 aliphatic carbocycles. The molecule has 2 aliphatic rings. The summed E-state index contributed by atoms with van der Waals surface area (Å²) in [5.74, 6) is 0.0366. The lowest BCUT2D eigenvalue weighted by Gasteiger charge is -2.36. The van der Waals surface area contributed by atoms with Crippen LogP contribution in [0.5, 0.6) is 0 Å². The molecule has 2 heteroatoms. The number of hydrogen-bond donors (Lipinski definition) is 0. The Morgan fingerprint density at radius 3 is 1.38 bits per heavy atom. The van der Waals surface area contributed by atoms with Gasteiger partial charge in [-0.3, -0.25) is 0 Å². The molecule has 9 rings (SSSR count). The van der Waals surface area contributed by atoms with Crippen LogP contribution in [-0.4, -0.2) is 0 Å². The Morgan fingerprint density at radius 1 is 0.417 bits per heavy atom. The third kappa shape index (κ3) is 4.66. The van der Waals surface area contributed by atoms with Gasteiger partial charge in [-0.1, -0.05) is 176 Å². The smallest absolute Gasteiger partial charge is 0.170 e. The molecule has 0 bridgehead atoms. The van der Waals surface area contributed by atoms with Crippen LogP contribution in [0.4, 0.5) is 0 Å². The molecule has 2 unspecified atom stereocenters. The summed E-state index contributed by atoms with van der Waals surface area (Å²) in [6.07, 6.45) is 6.84. The van der Waals surface area contributed by atoms with Crippen molar-refractivity contribution < 1.29 is 4.57 Å². The summed E-state index contributed by atoms with van der Waals surface area (Å²) in [4.78, 5) is 0. The SMILES string of the molecule is O=P(C1=CC2C(c3ccc4ccccc4c3)=c3ccccc3=C(c3ccc4ccccc4c3)C2C=C1)(c1ccccc1)c1ccccc1. The molecule has 7 aromatic carbocycles. The number of allylic oxidation sites excluding steroid dienone is 4. The van der Waals surface area contributed by atoms with Gasteiger partial charge in [0.1, 0.15) is 0 Å². The molecule has 0 aromatic heterocycles. The monoisotopic (exact) mass is 632 g/mol. The minimum Gasteiger partial charge on any atom is -0.309 e. The van der Waals surface area contributed by atoms with Gasteiger partial charge < -0.3 is 4.57 Å². The maximum Gasteiger partial charge on any atom is 0.170 e. The maximum atomic E-state index is 15.7. The molecule has 0 saturated carbocycles. The zero-order valence-corrected chi connectivity index (χ0v) is 27.3. The minimum atomic E-state index is -3.18. The van der Waals surface area contributed by atoms with Crippen LogP contribution in [0.3, 0.4) is 0 Å². The molecule has 0 amide bonds. The van der Waals surface area contributed by atoms with Gasteiger partial charge in [-0.15, -0.1) is 0 Å². The van der Waals surface area contributed by atoms with Gasteiger partial charge in [-0.05, 0) is 66.4 Å². The first-order valence-electron chi connectivity index (χ1n) is 16.6. The van der Waals surface area contributed by atoms with Crippen LogP contribution < -0.4 is 21.0 Å². The molecule has 0 heterocycles. The quantitative estimate of drug-likeness (QED) is 0.173. The van der Waals surface area contributed by atoms with E-state index in [1.807, 2.05) is 60.7 Å². The van der Waals surface area contributed by atoms with Crippen molar-refractivity contribution in [1.29, 1.82) is 0 Å². The summed E-state index contributed by atoms with van der Waals surface area (Å²) >= 11 is 0. The molecular weight excluding hydrogens is 599 g/mol. The molecule has 0 spiro atoms. The van der Waals surface area contributed by atoms with Crippen LogP contribution in [0.1, 0.15) is 11.1 Å². The van der Waals surface area contributed by atoms with E-state index < -0.39 is 7.14 Å². The predicted molar refractivity (Wildman–Crippen MR) is 203 cm³/mol. The molecule has 228 valence electrons. The van der Waals surface area contributed by atoms with Gasteiger partial charge >= 0.3 is 0 Å². The Hall–Kier alpha value is -5.49. The van der Waals surface area contributed by atoms with Crippen LogP contribution in [0.25, 0.3) is 32.7 Å². The third-order valence-corrected chi connectivity index (χ3v) is 13.2. The highest BCUT2D eigenvalue weighted by Gasteiger charge is 2.38. The van der Waals surface area contributed by atoms with E-state index >= 15 is 4.57 Å². The lowest BCUT2D eigenvalue weighted by molar-refractivity contribution is 0.590. The highest BCUT2D eigenvalue weighted by atomic mass is 31.2. The Labute approximate surface area is 280 Å². The first-order chi connectivity index (χ1) is 23.7. The fourth-order valence-electron chi connectivity index (χ4n) is 7.86. The fraction of sp³-hybridized carbons (Fsp3) is 0.0435. The lowest BCUT2D eigenvalue weighted by Crippen LogP contribution is -2.40. The summed E-state index contributed by atoms with van der Waals surface area (Å²) in [5, 5.41) is 10.00. The molecule has 0 radical (unpaired) electrons. The van der Waals surface area contributed by atoms with Crippen molar-refractivity contribution >= 4 is 50.4 Å². The number of rotatable bonds is 5. The summed E-state index contributed by atoms with van der Waals surface area (Å²) in [7, 11) is -3.18. The van der Waals surface area contributed by atoms with E-state index in [-0.39, 0.29) is 11.8 Å². The molecule has 7 aromatic rings. The predicted octanol–water partition coefficient (Wildman–Crippen LogP) is 9.10. The summed E-state index contributed by atoms with van der Waals surface area (Å²) in [5.41, 5.74) is 5.02. The molecule has 0 aliphatic heterocycles. The normalized spacial score (nSPS) is 17.2. The zero-order chi connectivity index (χ0) is 32.1. The molecule has 48 heavy (non-hydrogen) atoms. The number of benzene rings is 7. The second-order valence-electron chi connectivity index (χ2n) is 12.8. The average Bonchev–Trinajstić information content (AvgIpc) is 3.16. The highest BCUT2D eigenvalue weighted by molar-refractivity contribution is 7.82. The van der Waals surface area contributed by atoms with Crippen LogP contribution in [0, 0.1) is 11.8 Å². The first kappa shape index (κ1) is 28.7. The van der Waals surface area contributed by atoms with E-state index in [9.17, 15) is 0 Å². The van der Waals surface area contributed by atoms with E-state index in [1.54, 1.807) is 0 Å². The highest BCUT2D eigenvalue weighted by Crippen LogP contribution is 2.56. The van der Waals surface area contributed by atoms with Gasteiger partial charge in [0.2, 0.25) is 0 Å². The third-order valence-electron chi connectivity index (χ3n) is 10.1. The van der Waals surface area contributed by atoms with Gasteiger partial charge in [-0.25, -0.2) is 0 Å². The van der Waals surface area contributed by atoms with Gasteiger partial charge in [0, 0.05) is 27.8 Å². The molecular formula is C46H33OP. The molecule has 1 nitrogen and oxygen atoms in total. The van der Waals surface area contributed by atoms with Crippen molar-refractivity contribution in [2.75, 3.05) is 0 Å². The van der Waals surface area contributed by atoms with Crippen LogP contribution in [0.2, 0.25) is 0 Å². The van der Waals surface area contributed by atoms with Crippen molar-refractivity contribution in [2.24, 2.45) is 11.8 Å². The molecule has 0 saturated heterocycles. The number of hydrogen-bond acceptors (Lipinski definition) is 1. The van der Waals surface area contributed by atoms with Crippen molar-refractivity contribution in [1.82, 2.24) is 0 Å². The second-order valence-corrected chi connectivity index (χ2v) is 15.5. The Kier molecular flexibility index (Phi) is 6.96. The van der Waals surface area contributed by atoms with Crippen LogP contribution >= 0.6 is 7.14 Å². The lowest BCUT2D eigenvalue weighted by atomic mass is 9.70. The summed E-state index contributed by atoms with van der Waals surface area (Å²) in [6, 6.07) is 59.8. The molecule has 0 fully saturated rings. The number of fused-ring (bicyclic) bond motifs is 4. The van der Waals surface area contributed by atoms with Gasteiger partial charge in [-0.2, -0.15) is 0 Å². The van der Waals surface area contributed by atoms with E-state index in [0.29, 0.717) is 0 Å². The van der Waals surface area contributed by atoms with Crippen LogP contribution in [-0.2, 0) is 4.57 Å². The van der Waals surface area contributed by atoms with Crippen molar-refractivity contribution in [2.45, 2.75) is 0 Å². The fourth-order valence-corrected chi connectivity index (χ4v) is 10.6. The first-order valence-corrected chi connectivity index (χ1v) is 18.3. The summed E-state index contributed by atoms with van der Waals surface area (Å²) < 4.78 is 15.7. The van der Waals surface area contributed by atoms with Crippen molar-refractivity contribution in [3.8, 4) is 0 Å². The second kappa shape index (κ2) is 11.6. The van der Waals surface area contributed by atoms with Crippen molar-refractivity contribution in [3.05, 3.63) is 215 Å². The van der Waals surface area contributed by atoms with Gasteiger partial charge in [0.15, 0.2) is 7.14 Å². The largest absolute Gasteiger partial charge is 0.309 e. The maximum absolute atomic E-state index is 15.7. The molecule has 2 atom stereocenters. The average molecular weight is 633 g/mol. The topological polar surface area (TPSA) is 17.1 Å². The van der Waals surface area contributed by atoms with Gasteiger partial charge in [0.25, 0.3) is 0 Å². The van der Waals surface area contributed by atoms with Gasteiger partial charge in [0.05, 0.1) is 0 Å².